The van der Waals surface area contributed by atoms with Crippen molar-refractivity contribution >= 4 is 17.6 Å². The lowest BCUT2D eigenvalue weighted by Crippen LogP contribution is -2.17. The monoisotopic (exact) mass is 223 g/mol. The van der Waals surface area contributed by atoms with Crippen molar-refractivity contribution in [1.82, 2.24) is 10.2 Å². The molecule has 2 atom stereocenters. The number of rotatable bonds is 3. The lowest BCUT2D eigenvalue weighted by atomic mass is 10.2. The molecule has 0 bridgehead atoms. The van der Waals surface area contributed by atoms with E-state index in [2.05, 4.69) is 27.8 Å². The molecule has 1 aliphatic rings. The number of aromatic nitrogens is 2. The maximum Gasteiger partial charge on any atom is 0.149 e. The van der Waals surface area contributed by atoms with Crippen molar-refractivity contribution in [3.8, 4) is 0 Å². The summed E-state index contributed by atoms with van der Waals surface area (Å²) in [5.74, 6) is 0.918. The maximum absolute atomic E-state index is 4.09. The minimum atomic E-state index is 0.582. The van der Waals surface area contributed by atoms with Gasteiger partial charge in [-0.3, -0.25) is 0 Å². The Balaban J connectivity index is 1.92. The highest BCUT2D eigenvalue weighted by Gasteiger charge is 2.23. The molecule has 0 radical (unpaired) electrons. The molecule has 3 nitrogen and oxygen atoms in total. The standard InChI is InChI=1S/C11H17N3S/c1-8-5-11(14-12-7-8)13-9-3-4-10(6-9)15-2/h5,7,9-10H,3-4,6H2,1-2H3,(H,13,14). The summed E-state index contributed by atoms with van der Waals surface area (Å²) < 4.78 is 0. The van der Waals surface area contributed by atoms with Gasteiger partial charge in [-0.15, -0.1) is 5.10 Å². The zero-order valence-corrected chi connectivity index (χ0v) is 10.0. The Morgan fingerprint density at radius 2 is 2.33 bits per heavy atom. The van der Waals surface area contributed by atoms with E-state index in [-0.39, 0.29) is 0 Å². The minimum Gasteiger partial charge on any atom is -0.366 e. The molecule has 1 aliphatic carbocycles. The summed E-state index contributed by atoms with van der Waals surface area (Å²) in [5, 5.41) is 12.3. The highest BCUT2D eigenvalue weighted by molar-refractivity contribution is 7.99. The number of thioether (sulfide) groups is 1. The number of hydrogen-bond donors (Lipinski definition) is 1. The van der Waals surface area contributed by atoms with Gasteiger partial charge < -0.3 is 5.32 Å². The Morgan fingerprint density at radius 3 is 3.00 bits per heavy atom. The summed E-state index contributed by atoms with van der Waals surface area (Å²) in [4.78, 5) is 0. The first-order valence-electron chi connectivity index (χ1n) is 5.36. The molecule has 1 aromatic rings. The van der Waals surface area contributed by atoms with Crippen molar-refractivity contribution < 1.29 is 0 Å². The second-order valence-electron chi connectivity index (χ2n) is 4.13. The van der Waals surface area contributed by atoms with E-state index in [1.54, 1.807) is 6.20 Å². The fourth-order valence-electron chi connectivity index (χ4n) is 2.03. The van der Waals surface area contributed by atoms with Crippen LogP contribution in [-0.2, 0) is 0 Å². The van der Waals surface area contributed by atoms with Gasteiger partial charge in [0.2, 0.25) is 0 Å². The van der Waals surface area contributed by atoms with E-state index in [0.29, 0.717) is 6.04 Å². The van der Waals surface area contributed by atoms with E-state index in [0.717, 1.165) is 16.6 Å². The van der Waals surface area contributed by atoms with Crippen molar-refractivity contribution in [2.45, 2.75) is 37.5 Å². The SMILES string of the molecule is CSC1CCC(Nc2cc(C)cnn2)C1. The van der Waals surface area contributed by atoms with E-state index in [4.69, 9.17) is 0 Å². The van der Waals surface area contributed by atoms with Crippen LogP contribution in [0.5, 0.6) is 0 Å². The van der Waals surface area contributed by atoms with Crippen molar-refractivity contribution in [1.29, 1.82) is 0 Å². The van der Waals surface area contributed by atoms with Gasteiger partial charge in [0.15, 0.2) is 0 Å². The average molecular weight is 223 g/mol. The molecule has 1 heterocycles. The van der Waals surface area contributed by atoms with Crippen LogP contribution in [0.15, 0.2) is 12.3 Å². The van der Waals surface area contributed by atoms with E-state index < -0.39 is 0 Å². The molecule has 0 amide bonds. The summed E-state index contributed by atoms with van der Waals surface area (Å²) in [5.41, 5.74) is 1.16. The third kappa shape index (κ3) is 2.84. The van der Waals surface area contributed by atoms with Gasteiger partial charge >= 0.3 is 0 Å². The Morgan fingerprint density at radius 1 is 1.47 bits per heavy atom. The molecule has 82 valence electrons. The molecule has 2 rings (SSSR count). The predicted octanol–water partition coefficient (Wildman–Crippen LogP) is 2.48. The largest absolute Gasteiger partial charge is 0.366 e. The van der Waals surface area contributed by atoms with Gasteiger partial charge in [-0.2, -0.15) is 16.9 Å². The third-order valence-corrected chi connectivity index (χ3v) is 3.96. The highest BCUT2D eigenvalue weighted by Crippen LogP contribution is 2.29. The molecule has 1 N–H and O–H groups in total. The highest BCUT2D eigenvalue weighted by atomic mass is 32.2. The molecule has 0 aliphatic heterocycles. The van der Waals surface area contributed by atoms with Gasteiger partial charge in [0.05, 0.1) is 6.20 Å². The lowest BCUT2D eigenvalue weighted by Gasteiger charge is -2.12. The molecule has 15 heavy (non-hydrogen) atoms. The number of hydrogen-bond acceptors (Lipinski definition) is 4. The van der Waals surface area contributed by atoms with Crippen molar-refractivity contribution in [3.05, 3.63) is 17.8 Å². The van der Waals surface area contributed by atoms with Crippen LogP contribution in [0.25, 0.3) is 0 Å². The van der Waals surface area contributed by atoms with Crippen LogP contribution in [0.3, 0.4) is 0 Å². The maximum atomic E-state index is 4.09. The van der Waals surface area contributed by atoms with Gasteiger partial charge in [-0.05, 0) is 44.1 Å². The molecule has 0 spiro atoms. The molecule has 2 unspecified atom stereocenters. The van der Waals surface area contributed by atoms with E-state index in [1.165, 1.54) is 19.3 Å². The molecule has 1 saturated carbocycles. The van der Waals surface area contributed by atoms with E-state index in [1.807, 2.05) is 18.7 Å². The van der Waals surface area contributed by atoms with Gasteiger partial charge in [-0.1, -0.05) is 0 Å². The number of aryl methyl sites for hydroxylation is 1. The zero-order chi connectivity index (χ0) is 10.7. The normalized spacial score (nSPS) is 25.5. The fourth-order valence-corrected chi connectivity index (χ4v) is 2.83. The van der Waals surface area contributed by atoms with Crippen LogP contribution >= 0.6 is 11.8 Å². The lowest BCUT2D eigenvalue weighted by molar-refractivity contribution is 0.747. The zero-order valence-electron chi connectivity index (χ0n) is 9.23. The van der Waals surface area contributed by atoms with Crippen molar-refractivity contribution in [3.63, 3.8) is 0 Å². The van der Waals surface area contributed by atoms with Gasteiger partial charge in [0.25, 0.3) is 0 Å². The molecule has 1 fully saturated rings. The van der Waals surface area contributed by atoms with Crippen LogP contribution in [0.2, 0.25) is 0 Å². The molecule has 0 saturated heterocycles. The molecule has 4 heteroatoms. The topological polar surface area (TPSA) is 37.8 Å². The van der Waals surface area contributed by atoms with Crippen LogP contribution in [0, 0.1) is 6.92 Å². The van der Waals surface area contributed by atoms with Gasteiger partial charge in [-0.25, -0.2) is 0 Å². The van der Waals surface area contributed by atoms with Crippen molar-refractivity contribution in [2.24, 2.45) is 0 Å². The number of nitrogens with zero attached hydrogens (tertiary/aromatic N) is 2. The van der Waals surface area contributed by atoms with E-state index >= 15 is 0 Å². The Bertz CT molecular complexity index is 329. The molecular weight excluding hydrogens is 206 g/mol. The van der Waals surface area contributed by atoms with Crippen LogP contribution in [0.1, 0.15) is 24.8 Å². The van der Waals surface area contributed by atoms with Crippen LogP contribution in [0.4, 0.5) is 5.82 Å². The van der Waals surface area contributed by atoms with Crippen molar-refractivity contribution in [2.75, 3.05) is 11.6 Å². The van der Waals surface area contributed by atoms with Crippen LogP contribution in [-0.4, -0.2) is 27.7 Å². The molecule has 0 aromatic carbocycles. The molecule has 1 aromatic heterocycles. The van der Waals surface area contributed by atoms with Gasteiger partial charge in [0, 0.05) is 11.3 Å². The second kappa shape index (κ2) is 4.84. The molecular formula is C11H17N3S. The summed E-state index contributed by atoms with van der Waals surface area (Å²) in [6, 6.07) is 2.64. The minimum absolute atomic E-state index is 0.582. The summed E-state index contributed by atoms with van der Waals surface area (Å²) in [6.07, 6.45) is 7.79. The second-order valence-corrected chi connectivity index (χ2v) is 5.27. The Kier molecular flexibility index (Phi) is 3.46. The summed E-state index contributed by atoms with van der Waals surface area (Å²) >= 11 is 1.97. The first kappa shape index (κ1) is 10.7. The number of nitrogens with one attached hydrogen (secondary N) is 1. The number of anilines is 1. The Labute approximate surface area is 95.1 Å². The smallest absolute Gasteiger partial charge is 0.149 e. The first-order valence-corrected chi connectivity index (χ1v) is 6.65. The average Bonchev–Trinajstić information content (AvgIpc) is 2.65. The third-order valence-electron chi connectivity index (χ3n) is 2.86. The first-order chi connectivity index (χ1) is 7.28. The summed E-state index contributed by atoms with van der Waals surface area (Å²) in [7, 11) is 0. The summed E-state index contributed by atoms with van der Waals surface area (Å²) in [6.45, 7) is 2.04. The predicted molar refractivity (Wildman–Crippen MR) is 65.3 cm³/mol. The van der Waals surface area contributed by atoms with Gasteiger partial charge in [0.1, 0.15) is 5.82 Å². The van der Waals surface area contributed by atoms with Crippen LogP contribution < -0.4 is 5.32 Å². The quantitative estimate of drug-likeness (QED) is 0.854. The Hall–Kier alpha value is -0.770. The van der Waals surface area contributed by atoms with E-state index in [9.17, 15) is 0 Å². The fraction of sp³-hybridized carbons (Fsp3) is 0.636.